The normalized spacial score (nSPS) is 14.3. The van der Waals surface area contributed by atoms with Gasteiger partial charge in [-0.25, -0.2) is 12.8 Å². The minimum Gasteiger partial charge on any atom is -0.494 e. The number of anilines is 1. The van der Waals surface area contributed by atoms with E-state index in [4.69, 9.17) is 4.74 Å². The van der Waals surface area contributed by atoms with Gasteiger partial charge in [-0.15, -0.1) is 0 Å². The summed E-state index contributed by atoms with van der Waals surface area (Å²) in [7, 11) is -4.28. The second-order valence-electron chi connectivity index (χ2n) is 10.1. The number of carbonyl (C=O) groups is 2. The molecule has 1 aliphatic rings. The molecule has 218 valence electrons. The summed E-state index contributed by atoms with van der Waals surface area (Å²) in [5.74, 6) is -0.869. The number of hydrogen-bond acceptors (Lipinski definition) is 5. The largest absolute Gasteiger partial charge is 0.494 e. The van der Waals surface area contributed by atoms with E-state index in [-0.39, 0.29) is 29.1 Å². The number of halogens is 1. The van der Waals surface area contributed by atoms with Gasteiger partial charge in [0.2, 0.25) is 11.8 Å². The van der Waals surface area contributed by atoms with Crippen molar-refractivity contribution in [3.8, 4) is 5.75 Å². The van der Waals surface area contributed by atoms with Crippen molar-refractivity contribution in [1.82, 2.24) is 10.2 Å². The van der Waals surface area contributed by atoms with E-state index in [1.54, 1.807) is 31.2 Å². The van der Waals surface area contributed by atoms with Gasteiger partial charge in [0.05, 0.1) is 17.2 Å². The first-order valence-electron chi connectivity index (χ1n) is 13.8. The zero-order chi connectivity index (χ0) is 29.4. The lowest BCUT2D eigenvalue weighted by Crippen LogP contribution is -2.52. The highest BCUT2D eigenvalue weighted by Gasteiger charge is 2.33. The Kier molecular flexibility index (Phi) is 9.99. The van der Waals surface area contributed by atoms with Crippen molar-refractivity contribution in [1.29, 1.82) is 0 Å². The number of ether oxygens (including phenoxy) is 1. The second-order valence-corrected chi connectivity index (χ2v) is 11.9. The zero-order valence-corrected chi connectivity index (χ0v) is 24.1. The fourth-order valence-electron chi connectivity index (χ4n) is 4.89. The van der Waals surface area contributed by atoms with Crippen LogP contribution >= 0.6 is 0 Å². The standard InChI is InChI=1S/C31H36FN3O5S/c1-3-40-28-17-15-27(16-18-28)35(41(38,39)29-19-13-25(32)14-20-29)22-30(36)34(21-24-9-5-4-6-10-24)23(2)31(37)33-26-11-7-8-12-26/h4-6,9-10,13-20,23,26H,3,7-8,11-12,21-22H2,1-2H3,(H,33,37)/t23-/m0/s1. The summed E-state index contributed by atoms with van der Waals surface area (Å²) in [4.78, 5) is 28.5. The summed E-state index contributed by atoms with van der Waals surface area (Å²) < 4.78 is 47.8. The van der Waals surface area contributed by atoms with E-state index in [2.05, 4.69) is 5.32 Å². The van der Waals surface area contributed by atoms with Gasteiger partial charge in [0, 0.05) is 12.6 Å². The topological polar surface area (TPSA) is 96.0 Å². The highest BCUT2D eigenvalue weighted by Crippen LogP contribution is 2.27. The van der Waals surface area contributed by atoms with Gasteiger partial charge in [-0.2, -0.15) is 0 Å². The van der Waals surface area contributed by atoms with Crippen LogP contribution in [0.25, 0.3) is 0 Å². The molecular weight excluding hydrogens is 545 g/mol. The van der Waals surface area contributed by atoms with Crippen LogP contribution < -0.4 is 14.4 Å². The van der Waals surface area contributed by atoms with Crippen LogP contribution in [0.3, 0.4) is 0 Å². The van der Waals surface area contributed by atoms with Gasteiger partial charge in [0.15, 0.2) is 0 Å². The predicted molar refractivity (Wildman–Crippen MR) is 155 cm³/mol. The number of amides is 2. The minimum atomic E-state index is -4.28. The van der Waals surface area contributed by atoms with Gasteiger partial charge < -0.3 is 15.0 Å². The Bertz CT molecular complexity index is 1410. The third kappa shape index (κ3) is 7.64. The van der Waals surface area contributed by atoms with Crippen LogP contribution in [0, 0.1) is 5.82 Å². The SMILES string of the molecule is CCOc1ccc(N(CC(=O)N(Cc2ccccc2)[C@@H](C)C(=O)NC2CCCC2)S(=O)(=O)c2ccc(F)cc2)cc1. The van der Waals surface area contributed by atoms with Gasteiger partial charge in [0.25, 0.3) is 10.0 Å². The number of nitrogens with zero attached hydrogens (tertiary/aromatic N) is 2. The summed E-state index contributed by atoms with van der Waals surface area (Å²) in [6.45, 7) is 3.48. The van der Waals surface area contributed by atoms with Crippen LogP contribution in [0.5, 0.6) is 5.75 Å². The summed E-state index contributed by atoms with van der Waals surface area (Å²) in [6.07, 6.45) is 3.88. The number of hydrogen-bond donors (Lipinski definition) is 1. The number of carbonyl (C=O) groups excluding carboxylic acids is 2. The van der Waals surface area contributed by atoms with Crippen LogP contribution in [-0.4, -0.2) is 50.4 Å². The Labute approximate surface area is 241 Å². The Hall–Kier alpha value is -3.92. The average Bonchev–Trinajstić information content (AvgIpc) is 3.48. The van der Waals surface area contributed by atoms with E-state index in [1.807, 2.05) is 37.3 Å². The molecule has 0 aromatic heterocycles. The number of benzene rings is 3. The third-order valence-electron chi connectivity index (χ3n) is 7.18. The minimum absolute atomic E-state index is 0.0674. The van der Waals surface area contributed by atoms with E-state index < -0.39 is 34.3 Å². The quantitative estimate of drug-likeness (QED) is 0.329. The van der Waals surface area contributed by atoms with E-state index in [1.165, 1.54) is 4.90 Å². The fraction of sp³-hybridized carbons (Fsp3) is 0.355. The molecule has 0 spiro atoms. The zero-order valence-electron chi connectivity index (χ0n) is 23.3. The van der Waals surface area contributed by atoms with E-state index >= 15 is 0 Å². The first-order valence-corrected chi connectivity index (χ1v) is 15.3. The molecule has 0 bridgehead atoms. The molecular formula is C31H36FN3O5S. The van der Waals surface area contributed by atoms with E-state index in [9.17, 15) is 22.4 Å². The molecule has 4 rings (SSSR count). The van der Waals surface area contributed by atoms with Crippen LogP contribution in [0.15, 0.2) is 83.8 Å². The summed E-state index contributed by atoms with van der Waals surface area (Å²) in [5.41, 5.74) is 1.03. The molecule has 1 aliphatic carbocycles. The van der Waals surface area contributed by atoms with Crippen molar-refractivity contribution in [2.24, 2.45) is 0 Å². The van der Waals surface area contributed by atoms with E-state index in [0.29, 0.717) is 12.4 Å². The molecule has 3 aromatic carbocycles. The summed E-state index contributed by atoms with van der Waals surface area (Å²) in [6, 6.07) is 19.2. The van der Waals surface area contributed by atoms with Crippen LogP contribution in [0.4, 0.5) is 10.1 Å². The molecule has 41 heavy (non-hydrogen) atoms. The van der Waals surface area contributed by atoms with Crippen LogP contribution in [0.1, 0.15) is 45.1 Å². The van der Waals surface area contributed by atoms with E-state index in [0.717, 1.165) is 59.8 Å². The highest BCUT2D eigenvalue weighted by molar-refractivity contribution is 7.92. The molecule has 1 atom stereocenters. The third-order valence-corrected chi connectivity index (χ3v) is 8.97. The highest BCUT2D eigenvalue weighted by atomic mass is 32.2. The molecule has 1 N–H and O–H groups in total. The van der Waals surface area contributed by atoms with Gasteiger partial charge in [0.1, 0.15) is 24.2 Å². The van der Waals surface area contributed by atoms with Crippen molar-refractivity contribution < 1.29 is 27.1 Å². The van der Waals surface area contributed by atoms with Gasteiger partial charge in [-0.05, 0) is 80.8 Å². The van der Waals surface area contributed by atoms with Gasteiger partial charge >= 0.3 is 0 Å². The van der Waals surface area contributed by atoms with Crippen molar-refractivity contribution in [2.75, 3.05) is 17.5 Å². The molecule has 0 unspecified atom stereocenters. The Morgan fingerprint density at radius 3 is 2.22 bits per heavy atom. The number of nitrogens with one attached hydrogen (secondary N) is 1. The van der Waals surface area contributed by atoms with Crippen molar-refractivity contribution in [3.05, 3.63) is 90.2 Å². The lowest BCUT2D eigenvalue weighted by atomic mass is 10.1. The predicted octanol–water partition coefficient (Wildman–Crippen LogP) is 4.90. The Balaban J connectivity index is 1.67. The molecule has 0 radical (unpaired) electrons. The summed E-state index contributed by atoms with van der Waals surface area (Å²) >= 11 is 0. The van der Waals surface area contributed by atoms with Crippen LogP contribution in [0.2, 0.25) is 0 Å². The number of sulfonamides is 1. The summed E-state index contributed by atoms with van der Waals surface area (Å²) in [5, 5.41) is 3.05. The van der Waals surface area contributed by atoms with Crippen molar-refractivity contribution in [3.63, 3.8) is 0 Å². The first kappa shape index (κ1) is 30.0. The lowest BCUT2D eigenvalue weighted by molar-refractivity contribution is -0.139. The second kappa shape index (κ2) is 13.6. The molecule has 8 nitrogen and oxygen atoms in total. The Morgan fingerprint density at radius 1 is 0.976 bits per heavy atom. The monoisotopic (exact) mass is 581 g/mol. The van der Waals surface area contributed by atoms with Crippen molar-refractivity contribution >= 4 is 27.5 Å². The molecule has 1 saturated carbocycles. The molecule has 1 fully saturated rings. The molecule has 0 heterocycles. The first-order chi connectivity index (χ1) is 19.7. The Morgan fingerprint density at radius 2 is 1.61 bits per heavy atom. The molecule has 0 saturated heterocycles. The smallest absolute Gasteiger partial charge is 0.264 e. The van der Waals surface area contributed by atoms with Crippen LogP contribution in [-0.2, 0) is 26.2 Å². The maximum atomic E-state index is 14.0. The van der Waals surface area contributed by atoms with Crippen molar-refractivity contribution in [2.45, 2.75) is 63.1 Å². The average molecular weight is 582 g/mol. The van der Waals surface area contributed by atoms with Gasteiger partial charge in [-0.1, -0.05) is 43.2 Å². The maximum absolute atomic E-state index is 14.0. The fourth-order valence-corrected chi connectivity index (χ4v) is 6.31. The maximum Gasteiger partial charge on any atom is 0.264 e. The van der Waals surface area contributed by atoms with Gasteiger partial charge in [-0.3, -0.25) is 13.9 Å². The molecule has 2 amide bonds. The molecule has 3 aromatic rings. The molecule has 10 heteroatoms. The molecule has 0 aliphatic heterocycles. The lowest BCUT2D eigenvalue weighted by Gasteiger charge is -2.32. The number of rotatable bonds is 12.